The Morgan fingerprint density at radius 1 is 1.08 bits per heavy atom. The Labute approximate surface area is 222 Å². The fourth-order valence-electron chi connectivity index (χ4n) is 4.66. The molecule has 0 aliphatic carbocycles. The number of rotatable bonds is 7. The standard InChI is InChI=1S/C27H35N9O2/c1-27(2,29)9-11-34(3)24(37)18-4-6-20(7-5-18)36-10-8-21-22(19-16-30-25(28)31-17-19)32-26(33-23(21)36)35-12-14-38-15-13-35/h4-7,16-17H,8-15,29H2,1-3H3,(H2,28,30,31). The first kappa shape index (κ1) is 25.8. The largest absolute Gasteiger partial charge is 0.378 e. The van der Waals surface area contributed by atoms with Crippen LogP contribution in [0.5, 0.6) is 0 Å². The first-order chi connectivity index (χ1) is 18.2. The Hall–Kier alpha value is -3.83. The number of ether oxygens (including phenoxy) is 1. The van der Waals surface area contributed by atoms with Crippen molar-refractivity contribution in [3.63, 3.8) is 0 Å². The quantitative estimate of drug-likeness (QED) is 0.479. The summed E-state index contributed by atoms with van der Waals surface area (Å²) in [7, 11) is 1.81. The Bertz CT molecular complexity index is 1280. The van der Waals surface area contributed by atoms with Gasteiger partial charge in [-0.25, -0.2) is 15.0 Å². The molecule has 11 nitrogen and oxygen atoms in total. The first-order valence-corrected chi connectivity index (χ1v) is 12.9. The second-order valence-corrected chi connectivity index (χ2v) is 10.5. The van der Waals surface area contributed by atoms with E-state index in [1.165, 1.54) is 0 Å². The Balaban J connectivity index is 1.44. The number of carbonyl (C=O) groups excluding carboxylic acids is 1. The van der Waals surface area contributed by atoms with Crippen molar-refractivity contribution in [3.8, 4) is 11.3 Å². The highest BCUT2D eigenvalue weighted by Crippen LogP contribution is 2.39. The summed E-state index contributed by atoms with van der Waals surface area (Å²) in [5, 5.41) is 0. The zero-order chi connectivity index (χ0) is 26.9. The van der Waals surface area contributed by atoms with Crippen LogP contribution in [0.15, 0.2) is 36.7 Å². The molecule has 3 aromatic rings. The third kappa shape index (κ3) is 5.53. The first-order valence-electron chi connectivity index (χ1n) is 12.9. The second-order valence-electron chi connectivity index (χ2n) is 10.5. The van der Waals surface area contributed by atoms with Gasteiger partial charge < -0.3 is 30.9 Å². The van der Waals surface area contributed by atoms with Gasteiger partial charge in [-0.3, -0.25) is 4.79 Å². The van der Waals surface area contributed by atoms with Crippen LogP contribution in [0.4, 0.5) is 23.4 Å². The second kappa shape index (κ2) is 10.5. The smallest absolute Gasteiger partial charge is 0.253 e. The maximum Gasteiger partial charge on any atom is 0.253 e. The lowest BCUT2D eigenvalue weighted by Crippen LogP contribution is -2.38. The number of aromatic nitrogens is 4. The summed E-state index contributed by atoms with van der Waals surface area (Å²) in [6.07, 6.45) is 4.92. The van der Waals surface area contributed by atoms with E-state index in [1.54, 1.807) is 17.3 Å². The summed E-state index contributed by atoms with van der Waals surface area (Å²) < 4.78 is 5.53. The van der Waals surface area contributed by atoms with Gasteiger partial charge in [0.05, 0.1) is 18.9 Å². The summed E-state index contributed by atoms with van der Waals surface area (Å²) in [6.45, 7) is 8.00. The summed E-state index contributed by atoms with van der Waals surface area (Å²) >= 11 is 0. The summed E-state index contributed by atoms with van der Waals surface area (Å²) in [5.74, 6) is 1.71. The normalized spacial score (nSPS) is 15.5. The number of amides is 1. The number of fused-ring (bicyclic) bond motifs is 1. The van der Waals surface area contributed by atoms with Gasteiger partial charge in [0.25, 0.3) is 5.91 Å². The number of benzene rings is 1. The highest BCUT2D eigenvalue weighted by atomic mass is 16.5. The van der Waals surface area contributed by atoms with Gasteiger partial charge in [0.1, 0.15) is 5.82 Å². The van der Waals surface area contributed by atoms with Crippen molar-refractivity contribution in [1.82, 2.24) is 24.8 Å². The number of nitrogens with two attached hydrogens (primary N) is 2. The van der Waals surface area contributed by atoms with Gasteiger partial charge in [-0.2, -0.15) is 4.98 Å². The lowest BCUT2D eigenvalue weighted by Gasteiger charge is -2.28. The Kier molecular flexibility index (Phi) is 7.13. The molecule has 4 N–H and O–H groups in total. The number of nitrogen functional groups attached to an aromatic ring is 1. The Morgan fingerprint density at radius 2 is 1.76 bits per heavy atom. The average Bonchev–Trinajstić information content (AvgIpc) is 3.35. The van der Waals surface area contributed by atoms with Crippen LogP contribution in [-0.2, 0) is 11.2 Å². The van der Waals surface area contributed by atoms with Crippen LogP contribution in [0.1, 0.15) is 36.2 Å². The van der Waals surface area contributed by atoms with Crippen molar-refractivity contribution < 1.29 is 9.53 Å². The molecule has 1 amide bonds. The SMILES string of the molecule is CN(CCC(C)(C)N)C(=O)c1ccc(N2CCc3c(-c4cnc(N)nc4)nc(N4CCOCC4)nc32)cc1. The molecule has 0 unspecified atom stereocenters. The van der Waals surface area contributed by atoms with Gasteiger partial charge in [0.2, 0.25) is 11.9 Å². The van der Waals surface area contributed by atoms with E-state index in [9.17, 15) is 4.79 Å². The van der Waals surface area contributed by atoms with Crippen LogP contribution >= 0.6 is 0 Å². The highest BCUT2D eigenvalue weighted by Gasteiger charge is 2.29. The molecule has 2 aromatic heterocycles. The van der Waals surface area contributed by atoms with Crippen molar-refractivity contribution >= 4 is 29.3 Å². The monoisotopic (exact) mass is 517 g/mol. The molecule has 0 bridgehead atoms. The number of hydrogen-bond acceptors (Lipinski definition) is 10. The van der Waals surface area contributed by atoms with Gasteiger partial charge in [-0.15, -0.1) is 0 Å². The van der Waals surface area contributed by atoms with E-state index in [2.05, 4.69) is 19.8 Å². The van der Waals surface area contributed by atoms with Gasteiger partial charge in [-0.05, 0) is 51.0 Å². The third-order valence-corrected chi connectivity index (χ3v) is 6.92. The summed E-state index contributed by atoms with van der Waals surface area (Å²) in [4.78, 5) is 37.3. The number of nitrogens with zero attached hydrogens (tertiary/aromatic N) is 7. The molecule has 0 saturated carbocycles. The van der Waals surface area contributed by atoms with E-state index in [4.69, 9.17) is 26.2 Å². The van der Waals surface area contributed by atoms with Crippen molar-refractivity contribution in [2.75, 3.05) is 62.0 Å². The summed E-state index contributed by atoms with van der Waals surface area (Å²) in [6, 6.07) is 7.70. The van der Waals surface area contributed by atoms with Gasteiger partial charge >= 0.3 is 0 Å². The van der Waals surface area contributed by atoms with E-state index in [0.29, 0.717) is 31.3 Å². The predicted octanol–water partition coefficient (Wildman–Crippen LogP) is 2.25. The zero-order valence-electron chi connectivity index (χ0n) is 22.2. The van der Waals surface area contributed by atoms with Crippen molar-refractivity contribution in [2.24, 2.45) is 5.73 Å². The van der Waals surface area contributed by atoms with Crippen LogP contribution in [0.25, 0.3) is 11.3 Å². The molecule has 200 valence electrons. The molecule has 1 fully saturated rings. The number of hydrogen-bond donors (Lipinski definition) is 2. The zero-order valence-corrected chi connectivity index (χ0v) is 22.2. The minimum atomic E-state index is -0.319. The fourth-order valence-corrected chi connectivity index (χ4v) is 4.66. The van der Waals surface area contributed by atoms with E-state index in [-0.39, 0.29) is 17.4 Å². The molecule has 1 aromatic carbocycles. The predicted molar refractivity (Wildman–Crippen MR) is 147 cm³/mol. The minimum Gasteiger partial charge on any atom is -0.378 e. The molecular weight excluding hydrogens is 482 g/mol. The highest BCUT2D eigenvalue weighted by molar-refractivity contribution is 5.94. The number of anilines is 4. The van der Waals surface area contributed by atoms with Crippen molar-refractivity contribution in [1.29, 1.82) is 0 Å². The van der Waals surface area contributed by atoms with Gasteiger partial charge in [-0.1, -0.05) is 0 Å². The average molecular weight is 518 g/mol. The molecule has 0 radical (unpaired) electrons. The van der Waals surface area contributed by atoms with Crippen molar-refractivity contribution in [3.05, 3.63) is 47.8 Å². The Morgan fingerprint density at radius 3 is 2.42 bits per heavy atom. The van der Waals surface area contributed by atoms with E-state index >= 15 is 0 Å². The third-order valence-electron chi connectivity index (χ3n) is 6.92. The molecule has 1 saturated heterocycles. The molecule has 11 heteroatoms. The topological polar surface area (TPSA) is 140 Å². The van der Waals surface area contributed by atoms with Crippen LogP contribution in [-0.4, -0.2) is 82.7 Å². The maximum atomic E-state index is 13.0. The molecular formula is C27H35N9O2. The molecule has 38 heavy (non-hydrogen) atoms. The van der Waals surface area contributed by atoms with Gasteiger partial charge in [0.15, 0.2) is 0 Å². The molecule has 0 spiro atoms. The van der Waals surface area contributed by atoms with Crippen molar-refractivity contribution in [2.45, 2.75) is 32.2 Å². The van der Waals surface area contributed by atoms with Gasteiger partial charge in [0, 0.05) is 73.5 Å². The van der Waals surface area contributed by atoms with Crippen LogP contribution in [0.2, 0.25) is 0 Å². The lowest BCUT2D eigenvalue weighted by atomic mass is 10.0. The minimum absolute atomic E-state index is 0.0230. The van der Waals surface area contributed by atoms with E-state index in [1.807, 2.05) is 45.2 Å². The van der Waals surface area contributed by atoms with Crippen LogP contribution in [0.3, 0.4) is 0 Å². The van der Waals surface area contributed by atoms with E-state index < -0.39 is 0 Å². The number of carbonyl (C=O) groups is 1. The fraction of sp³-hybridized carbons (Fsp3) is 0.444. The molecule has 4 heterocycles. The molecule has 0 atom stereocenters. The lowest BCUT2D eigenvalue weighted by molar-refractivity contribution is 0.0787. The van der Waals surface area contributed by atoms with E-state index in [0.717, 1.165) is 60.8 Å². The molecule has 2 aliphatic rings. The molecule has 5 rings (SSSR count). The number of morpholine rings is 1. The maximum absolute atomic E-state index is 13.0. The van der Waals surface area contributed by atoms with Crippen LogP contribution < -0.4 is 21.3 Å². The summed E-state index contributed by atoms with van der Waals surface area (Å²) in [5.41, 5.74) is 15.8. The molecule has 2 aliphatic heterocycles. The van der Waals surface area contributed by atoms with Crippen LogP contribution in [0, 0.1) is 0 Å².